The van der Waals surface area contributed by atoms with Gasteiger partial charge in [-0.25, -0.2) is 0 Å². The molecule has 0 bridgehead atoms. The first-order chi connectivity index (χ1) is 11.4. The maximum absolute atomic E-state index is 12.7. The Morgan fingerprint density at radius 2 is 1.76 bits per heavy atom. The van der Waals surface area contributed by atoms with Gasteiger partial charge in [-0.05, 0) is 30.3 Å². The summed E-state index contributed by atoms with van der Waals surface area (Å²) in [6, 6.07) is 10.2. The minimum atomic E-state index is -4.45. The molecule has 0 spiro atoms. The van der Waals surface area contributed by atoms with Gasteiger partial charge in [0, 0.05) is 12.1 Å². The number of benzene rings is 2. The van der Waals surface area contributed by atoms with Gasteiger partial charge in [0.15, 0.2) is 5.43 Å². The molecule has 0 unspecified atom stereocenters. The lowest BCUT2D eigenvalue weighted by atomic mass is 10.2. The van der Waals surface area contributed by atoms with Crippen LogP contribution in [0.4, 0.5) is 13.2 Å². The first-order valence-electron chi connectivity index (χ1n) is 6.99. The second kappa shape index (κ2) is 7.16. The molecule has 0 aliphatic rings. The third kappa shape index (κ3) is 4.12. The highest BCUT2D eigenvalue weighted by molar-refractivity contribution is 5.85. The van der Waals surface area contributed by atoms with E-state index < -0.39 is 11.7 Å². The largest absolute Gasteiger partial charge is 0.459 e. The summed E-state index contributed by atoms with van der Waals surface area (Å²) in [4.78, 5) is 11.9. The van der Waals surface area contributed by atoms with E-state index in [1.165, 1.54) is 36.4 Å². The molecule has 8 heteroatoms. The molecule has 132 valence electrons. The van der Waals surface area contributed by atoms with Crippen molar-refractivity contribution in [1.82, 2.24) is 0 Å². The smallest absolute Gasteiger partial charge is 0.416 e. The summed E-state index contributed by atoms with van der Waals surface area (Å²) >= 11 is 0. The fraction of sp³-hybridized carbons (Fsp3) is 0.118. The number of fused-ring (bicyclic) bond motifs is 1. The molecule has 1 heterocycles. The SMILES string of the molecule is Cl.NCc1cc(=O)c2ccc(Oc3cccc(C(F)(F)F)c3)cc2o1. The number of ether oxygens (including phenoxy) is 1. The van der Waals surface area contributed by atoms with Crippen LogP contribution in [-0.2, 0) is 12.7 Å². The van der Waals surface area contributed by atoms with Crippen molar-refractivity contribution >= 4 is 23.4 Å². The molecule has 0 radical (unpaired) electrons. The highest BCUT2D eigenvalue weighted by Gasteiger charge is 2.30. The summed E-state index contributed by atoms with van der Waals surface area (Å²) < 4.78 is 49.1. The summed E-state index contributed by atoms with van der Waals surface area (Å²) in [5.41, 5.74) is 4.66. The molecule has 0 saturated carbocycles. The predicted octanol–water partition coefficient (Wildman–Crippen LogP) is 4.48. The molecule has 4 nitrogen and oxygen atoms in total. The third-order valence-corrected chi connectivity index (χ3v) is 3.35. The highest BCUT2D eigenvalue weighted by atomic mass is 35.5. The lowest BCUT2D eigenvalue weighted by Gasteiger charge is -2.10. The van der Waals surface area contributed by atoms with Crippen LogP contribution < -0.4 is 15.9 Å². The molecule has 0 atom stereocenters. The number of halogens is 4. The van der Waals surface area contributed by atoms with Crippen molar-refractivity contribution < 1.29 is 22.3 Å². The number of hydrogen-bond donors (Lipinski definition) is 1. The van der Waals surface area contributed by atoms with Gasteiger partial charge in [0.1, 0.15) is 22.8 Å². The van der Waals surface area contributed by atoms with Crippen molar-refractivity contribution in [3.8, 4) is 11.5 Å². The van der Waals surface area contributed by atoms with Crippen molar-refractivity contribution in [2.45, 2.75) is 12.7 Å². The molecular formula is C17H13ClF3NO3. The Bertz CT molecular complexity index is 954. The van der Waals surface area contributed by atoms with Crippen LogP contribution in [0.2, 0.25) is 0 Å². The molecule has 0 saturated heterocycles. The summed E-state index contributed by atoms with van der Waals surface area (Å²) in [6.07, 6.45) is -4.45. The normalized spacial score (nSPS) is 11.2. The number of rotatable bonds is 3. The van der Waals surface area contributed by atoms with Crippen LogP contribution in [0.5, 0.6) is 11.5 Å². The maximum atomic E-state index is 12.7. The fourth-order valence-electron chi connectivity index (χ4n) is 2.22. The number of nitrogens with two attached hydrogens (primary N) is 1. The molecule has 0 aliphatic heterocycles. The van der Waals surface area contributed by atoms with Crippen LogP contribution in [-0.4, -0.2) is 0 Å². The van der Waals surface area contributed by atoms with Crippen LogP contribution in [0.15, 0.2) is 57.7 Å². The number of hydrogen-bond acceptors (Lipinski definition) is 4. The lowest BCUT2D eigenvalue weighted by Crippen LogP contribution is -2.05. The zero-order valence-electron chi connectivity index (χ0n) is 12.7. The van der Waals surface area contributed by atoms with Gasteiger partial charge in [0.05, 0.1) is 17.5 Å². The van der Waals surface area contributed by atoms with E-state index in [9.17, 15) is 18.0 Å². The summed E-state index contributed by atoms with van der Waals surface area (Å²) in [5, 5.41) is 0.337. The van der Waals surface area contributed by atoms with Crippen LogP contribution in [0, 0.1) is 0 Å². The van der Waals surface area contributed by atoms with Crippen molar-refractivity contribution in [1.29, 1.82) is 0 Å². The molecule has 2 N–H and O–H groups in total. The van der Waals surface area contributed by atoms with E-state index in [1.54, 1.807) is 0 Å². The molecule has 0 amide bonds. The van der Waals surface area contributed by atoms with E-state index in [-0.39, 0.29) is 41.5 Å². The van der Waals surface area contributed by atoms with E-state index in [0.29, 0.717) is 11.1 Å². The van der Waals surface area contributed by atoms with Crippen LogP contribution in [0.3, 0.4) is 0 Å². The zero-order chi connectivity index (χ0) is 17.3. The van der Waals surface area contributed by atoms with E-state index in [0.717, 1.165) is 12.1 Å². The van der Waals surface area contributed by atoms with Crippen LogP contribution >= 0.6 is 12.4 Å². The van der Waals surface area contributed by atoms with Crippen LogP contribution in [0.25, 0.3) is 11.0 Å². The summed E-state index contributed by atoms with van der Waals surface area (Å²) in [7, 11) is 0. The third-order valence-electron chi connectivity index (χ3n) is 3.35. The summed E-state index contributed by atoms with van der Waals surface area (Å²) in [6.45, 7) is 0.0594. The Hall–Kier alpha value is -2.51. The van der Waals surface area contributed by atoms with E-state index in [2.05, 4.69) is 0 Å². The molecule has 2 aromatic carbocycles. The van der Waals surface area contributed by atoms with Gasteiger partial charge in [0.25, 0.3) is 0 Å². The Labute approximate surface area is 146 Å². The Morgan fingerprint density at radius 1 is 1.04 bits per heavy atom. The molecular weight excluding hydrogens is 359 g/mol. The van der Waals surface area contributed by atoms with Gasteiger partial charge < -0.3 is 14.9 Å². The van der Waals surface area contributed by atoms with Gasteiger partial charge in [-0.2, -0.15) is 13.2 Å². The average Bonchev–Trinajstić information content (AvgIpc) is 2.54. The Balaban J connectivity index is 0.00000225. The number of alkyl halides is 3. The fourth-order valence-corrected chi connectivity index (χ4v) is 2.22. The van der Waals surface area contributed by atoms with Crippen molar-refractivity contribution in [2.75, 3.05) is 0 Å². The monoisotopic (exact) mass is 371 g/mol. The minimum absolute atomic E-state index is 0. The minimum Gasteiger partial charge on any atom is -0.459 e. The van der Waals surface area contributed by atoms with Crippen molar-refractivity contribution in [3.63, 3.8) is 0 Å². The second-order valence-electron chi connectivity index (χ2n) is 5.07. The molecule has 3 aromatic rings. The zero-order valence-corrected chi connectivity index (χ0v) is 13.5. The molecule has 0 aliphatic carbocycles. The quantitative estimate of drug-likeness (QED) is 0.737. The van der Waals surface area contributed by atoms with Crippen molar-refractivity contribution in [2.24, 2.45) is 5.73 Å². The van der Waals surface area contributed by atoms with E-state index in [4.69, 9.17) is 14.9 Å². The standard InChI is InChI=1S/C17H12F3NO3.ClH/c18-17(19,20)10-2-1-3-11(6-10)23-12-4-5-14-15(22)7-13(9-21)24-16(14)8-12;/h1-8H,9,21H2;1H. The van der Waals surface area contributed by atoms with E-state index in [1.807, 2.05) is 0 Å². The molecule has 25 heavy (non-hydrogen) atoms. The van der Waals surface area contributed by atoms with Gasteiger partial charge in [0.2, 0.25) is 0 Å². The predicted molar refractivity (Wildman–Crippen MR) is 89.1 cm³/mol. The van der Waals surface area contributed by atoms with Gasteiger partial charge in [-0.15, -0.1) is 12.4 Å². The first kappa shape index (κ1) is 18.8. The van der Waals surface area contributed by atoms with Gasteiger partial charge in [-0.3, -0.25) is 4.79 Å². The average molecular weight is 372 g/mol. The Kier molecular flexibility index (Phi) is 5.39. The van der Waals surface area contributed by atoms with Crippen molar-refractivity contribution in [3.05, 3.63) is 70.1 Å². The molecule has 0 fully saturated rings. The van der Waals surface area contributed by atoms with Crippen LogP contribution in [0.1, 0.15) is 11.3 Å². The van der Waals surface area contributed by atoms with Gasteiger partial charge in [-0.1, -0.05) is 6.07 Å². The van der Waals surface area contributed by atoms with Gasteiger partial charge >= 0.3 is 6.18 Å². The molecule has 3 rings (SSSR count). The highest BCUT2D eigenvalue weighted by Crippen LogP contribution is 2.33. The topological polar surface area (TPSA) is 65.5 Å². The maximum Gasteiger partial charge on any atom is 0.416 e. The second-order valence-corrected chi connectivity index (χ2v) is 5.07. The lowest BCUT2D eigenvalue weighted by molar-refractivity contribution is -0.137. The van der Waals surface area contributed by atoms with E-state index >= 15 is 0 Å². The molecule has 1 aromatic heterocycles. The Morgan fingerprint density at radius 3 is 2.44 bits per heavy atom. The summed E-state index contributed by atoms with van der Waals surface area (Å²) in [5.74, 6) is 0.587. The first-order valence-corrected chi connectivity index (χ1v) is 6.99.